The van der Waals surface area contributed by atoms with E-state index in [1.54, 1.807) is 4.57 Å². The third-order valence-electron chi connectivity index (χ3n) is 3.93. The number of amides is 2. The lowest BCUT2D eigenvalue weighted by Crippen LogP contribution is -2.20. The first kappa shape index (κ1) is 19.4. The van der Waals surface area contributed by atoms with E-state index in [4.69, 9.17) is 12.2 Å². The van der Waals surface area contributed by atoms with Gasteiger partial charge in [-0.25, -0.2) is 4.39 Å². The van der Waals surface area contributed by atoms with Crippen LogP contribution in [-0.2, 0) is 16.1 Å². The van der Waals surface area contributed by atoms with E-state index in [0.29, 0.717) is 16.3 Å². The van der Waals surface area contributed by atoms with Crippen LogP contribution < -0.4 is 10.6 Å². The molecule has 0 unspecified atom stereocenters. The average Bonchev–Trinajstić information content (AvgIpc) is 2.99. The summed E-state index contributed by atoms with van der Waals surface area (Å²) >= 11 is 5.23. The predicted octanol–water partition coefficient (Wildman–Crippen LogP) is 3.65. The van der Waals surface area contributed by atoms with Gasteiger partial charge in [-0.3, -0.25) is 19.3 Å². The smallest absolute Gasteiger partial charge is 0.244 e. The molecule has 0 atom stereocenters. The number of nitrogens with one attached hydrogen (secondary N) is 3. The fourth-order valence-electron chi connectivity index (χ4n) is 2.62. The van der Waals surface area contributed by atoms with Crippen LogP contribution in [0, 0.1) is 17.5 Å². The highest BCUT2D eigenvalue weighted by Crippen LogP contribution is 2.21. The first-order valence-electron chi connectivity index (χ1n) is 8.42. The Bertz CT molecular complexity index is 1090. The van der Waals surface area contributed by atoms with Crippen LogP contribution in [0.1, 0.15) is 12.5 Å². The van der Waals surface area contributed by atoms with Crippen LogP contribution in [0.4, 0.5) is 15.8 Å². The zero-order chi connectivity index (χ0) is 20.3. The van der Waals surface area contributed by atoms with E-state index in [9.17, 15) is 14.0 Å². The number of nitrogens with zero attached hydrogens (tertiary/aromatic N) is 2. The first-order valence-corrected chi connectivity index (χ1v) is 8.83. The molecule has 1 heterocycles. The van der Waals surface area contributed by atoms with Crippen LogP contribution >= 0.6 is 12.2 Å². The van der Waals surface area contributed by atoms with Gasteiger partial charge in [-0.05, 0) is 37.3 Å². The Kier molecular flexibility index (Phi) is 5.65. The number of carbonyl (C=O) groups excluding carboxylic acids is 2. The number of benzene rings is 2. The van der Waals surface area contributed by atoms with Crippen molar-refractivity contribution in [1.82, 2.24) is 14.8 Å². The number of H-pyrrole nitrogens is 1. The van der Waals surface area contributed by atoms with Gasteiger partial charge in [0, 0.05) is 18.2 Å². The summed E-state index contributed by atoms with van der Waals surface area (Å²) in [5, 5.41) is 11.9. The molecule has 0 saturated carbocycles. The topological polar surface area (TPSA) is 91.8 Å². The van der Waals surface area contributed by atoms with Crippen molar-refractivity contribution in [2.45, 2.75) is 20.4 Å². The highest BCUT2D eigenvalue weighted by molar-refractivity contribution is 7.71. The minimum absolute atomic E-state index is 0.00873. The maximum atomic E-state index is 13.7. The number of carbonyl (C=O) groups is 2. The average molecular weight is 399 g/mol. The molecule has 9 heteroatoms. The number of hydrogen-bond acceptors (Lipinski definition) is 4. The summed E-state index contributed by atoms with van der Waals surface area (Å²) in [4.78, 5) is 23.6. The molecule has 0 aliphatic carbocycles. The summed E-state index contributed by atoms with van der Waals surface area (Å²) in [6.45, 7) is 3.18. The van der Waals surface area contributed by atoms with Gasteiger partial charge in [-0.1, -0.05) is 29.8 Å². The van der Waals surface area contributed by atoms with Gasteiger partial charge in [0.1, 0.15) is 12.4 Å². The summed E-state index contributed by atoms with van der Waals surface area (Å²) in [6, 6.07) is 11.6. The number of aromatic amines is 1. The lowest BCUT2D eigenvalue weighted by atomic mass is 10.1. The van der Waals surface area contributed by atoms with Crippen molar-refractivity contribution >= 4 is 35.4 Å². The van der Waals surface area contributed by atoms with Crippen LogP contribution in [0.15, 0.2) is 42.5 Å². The van der Waals surface area contributed by atoms with E-state index in [-0.39, 0.29) is 18.1 Å². The lowest BCUT2D eigenvalue weighted by molar-refractivity contribution is -0.117. The molecule has 0 saturated heterocycles. The van der Waals surface area contributed by atoms with Crippen molar-refractivity contribution in [3.05, 3.63) is 58.6 Å². The highest BCUT2D eigenvalue weighted by Gasteiger charge is 2.13. The van der Waals surface area contributed by atoms with Crippen molar-refractivity contribution in [2.75, 3.05) is 10.6 Å². The maximum Gasteiger partial charge on any atom is 0.244 e. The first-order chi connectivity index (χ1) is 13.3. The molecule has 2 aromatic carbocycles. The summed E-state index contributed by atoms with van der Waals surface area (Å²) in [6.07, 6.45) is 0. The second-order valence-electron chi connectivity index (χ2n) is 6.23. The number of aromatic nitrogens is 3. The molecule has 3 aromatic rings. The van der Waals surface area contributed by atoms with Gasteiger partial charge >= 0.3 is 0 Å². The van der Waals surface area contributed by atoms with Crippen molar-refractivity contribution in [3.63, 3.8) is 0 Å². The Labute approximate surface area is 165 Å². The molecule has 0 aliphatic heterocycles. The number of rotatable bonds is 5. The Hall–Kier alpha value is -3.33. The zero-order valence-electron chi connectivity index (χ0n) is 15.2. The van der Waals surface area contributed by atoms with Gasteiger partial charge in [0.2, 0.25) is 11.8 Å². The van der Waals surface area contributed by atoms with Crippen LogP contribution in [0.2, 0.25) is 0 Å². The number of hydrogen-bond donors (Lipinski definition) is 3. The molecule has 0 aliphatic rings. The summed E-state index contributed by atoms with van der Waals surface area (Å²) < 4.78 is 15.6. The Morgan fingerprint density at radius 2 is 1.89 bits per heavy atom. The molecule has 1 aromatic heterocycles. The van der Waals surface area contributed by atoms with Gasteiger partial charge in [0.25, 0.3) is 0 Å². The minimum Gasteiger partial charge on any atom is -0.324 e. The monoisotopic (exact) mass is 399 g/mol. The summed E-state index contributed by atoms with van der Waals surface area (Å²) in [5.41, 5.74) is 2.27. The van der Waals surface area contributed by atoms with Crippen LogP contribution in [0.3, 0.4) is 0 Å². The Morgan fingerprint density at radius 1 is 1.18 bits per heavy atom. The van der Waals surface area contributed by atoms with Gasteiger partial charge < -0.3 is 10.6 Å². The number of anilines is 2. The van der Waals surface area contributed by atoms with E-state index in [0.717, 1.165) is 11.1 Å². The molecule has 3 rings (SSSR count). The Balaban J connectivity index is 1.79. The molecular weight excluding hydrogens is 381 g/mol. The summed E-state index contributed by atoms with van der Waals surface area (Å²) in [7, 11) is 0. The van der Waals surface area contributed by atoms with E-state index in [2.05, 4.69) is 20.8 Å². The molecule has 28 heavy (non-hydrogen) atoms. The molecular formula is C19H18FN5O2S. The predicted molar refractivity (Wildman–Crippen MR) is 107 cm³/mol. The van der Waals surface area contributed by atoms with Crippen LogP contribution in [0.25, 0.3) is 11.4 Å². The molecule has 144 valence electrons. The number of halogens is 1. The number of aryl methyl sites for hydroxylation is 1. The third-order valence-corrected chi connectivity index (χ3v) is 4.24. The molecule has 7 nitrogen and oxygen atoms in total. The molecule has 0 fully saturated rings. The van der Waals surface area contributed by atoms with E-state index >= 15 is 0 Å². The maximum absolute atomic E-state index is 13.7. The van der Waals surface area contributed by atoms with E-state index in [1.165, 1.54) is 25.1 Å². The largest absolute Gasteiger partial charge is 0.324 e. The van der Waals surface area contributed by atoms with Crippen molar-refractivity contribution < 1.29 is 14.0 Å². The fraction of sp³-hybridized carbons (Fsp3) is 0.158. The standard InChI is InChI=1S/C19H18FN5O2S/c1-11-3-5-13(6-4-11)18-23-24-19(28)25(18)10-17(27)22-14-7-8-15(20)16(9-14)21-12(2)26/h3-9H,10H2,1-2H3,(H,21,26)(H,22,27)(H,24,28). The molecule has 2 amide bonds. The minimum atomic E-state index is -0.591. The van der Waals surface area contributed by atoms with Gasteiger partial charge in [-0.2, -0.15) is 5.10 Å². The summed E-state index contributed by atoms with van der Waals surface area (Å²) in [5.74, 6) is -0.828. The van der Waals surface area contributed by atoms with Gasteiger partial charge in [0.15, 0.2) is 10.6 Å². The van der Waals surface area contributed by atoms with Crippen LogP contribution in [0.5, 0.6) is 0 Å². The third kappa shape index (κ3) is 4.49. The normalized spacial score (nSPS) is 10.5. The lowest BCUT2D eigenvalue weighted by Gasteiger charge is -2.10. The van der Waals surface area contributed by atoms with Crippen LogP contribution in [-0.4, -0.2) is 26.6 Å². The molecule has 3 N–H and O–H groups in total. The quantitative estimate of drug-likeness (QED) is 0.571. The Morgan fingerprint density at radius 3 is 2.57 bits per heavy atom. The second kappa shape index (κ2) is 8.13. The SMILES string of the molecule is CC(=O)Nc1cc(NC(=O)Cn2c(-c3ccc(C)cc3)n[nH]c2=S)ccc1F. The van der Waals surface area contributed by atoms with Crippen molar-refractivity contribution in [2.24, 2.45) is 0 Å². The molecule has 0 spiro atoms. The van der Waals surface area contributed by atoms with E-state index in [1.807, 2.05) is 31.2 Å². The molecule has 0 bridgehead atoms. The van der Waals surface area contributed by atoms with Gasteiger partial charge in [0.05, 0.1) is 5.69 Å². The van der Waals surface area contributed by atoms with Crippen molar-refractivity contribution in [3.8, 4) is 11.4 Å². The van der Waals surface area contributed by atoms with Crippen molar-refractivity contribution in [1.29, 1.82) is 0 Å². The van der Waals surface area contributed by atoms with Gasteiger partial charge in [-0.15, -0.1) is 0 Å². The van der Waals surface area contributed by atoms with E-state index < -0.39 is 11.7 Å². The zero-order valence-corrected chi connectivity index (χ0v) is 16.1. The highest BCUT2D eigenvalue weighted by atomic mass is 32.1. The second-order valence-corrected chi connectivity index (χ2v) is 6.62. The molecule has 0 radical (unpaired) electrons. The fourth-order valence-corrected chi connectivity index (χ4v) is 2.82.